The van der Waals surface area contributed by atoms with Crippen LogP contribution in [0.4, 0.5) is 0 Å². The van der Waals surface area contributed by atoms with Crippen molar-refractivity contribution in [1.82, 2.24) is 10.3 Å². The minimum Gasteiger partial charge on any atom is -0.441 e. The molecule has 7 heteroatoms. The van der Waals surface area contributed by atoms with E-state index < -0.39 is 10.8 Å². The number of hydrogen-bond donors (Lipinski definition) is 1. The molecule has 0 saturated carbocycles. The van der Waals surface area contributed by atoms with E-state index in [9.17, 15) is 9.00 Å². The monoisotopic (exact) mass is 464 g/mol. The molecule has 0 saturated heterocycles. The third kappa shape index (κ3) is 5.33. The number of aromatic nitrogens is 1. The van der Waals surface area contributed by atoms with Crippen LogP contribution >= 0.6 is 11.6 Å². The first-order chi connectivity index (χ1) is 15.5. The van der Waals surface area contributed by atoms with E-state index in [1.54, 1.807) is 36.4 Å². The number of carbonyl (C=O) groups excluding carboxylic acids is 1. The summed E-state index contributed by atoms with van der Waals surface area (Å²) in [6, 6.07) is 23.7. The first-order valence-electron chi connectivity index (χ1n) is 10.0. The fourth-order valence-corrected chi connectivity index (χ4v) is 4.39. The van der Waals surface area contributed by atoms with E-state index in [4.69, 9.17) is 16.0 Å². The third-order valence-corrected chi connectivity index (χ3v) is 6.51. The van der Waals surface area contributed by atoms with Crippen LogP contribution in [0.1, 0.15) is 27.4 Å². The zero-order valence-electron chi connectivity index (χ0n) is 17.4. The molecule has 0 radical (unpaired) electrons. The van der Waals surface area contributed by atoms with E-state index in [-0.39, 0.29) is 11.7 Å². The van der Waals surface area contributed by atoms with Crippen molar-refractivity contribution in [3.05, 3.63) is 106 Å². The highest BCUT2D eigenvalue weighted by atomic mass is 35.5. The van der Waals surface area contributed by atoms with E-state index >= 15 is 0 Å². The van der Waals surface area contributed by atoms with Gasteiger partial charge in [-0.25, -0.2) is 4.98 Å². The fourth-order valence-electron chi connectivity index (χ4n) is 3.12. The van der Waals surface area contributed by atoms with Crippen LogP contribution in [0.2, 0.25) is 5.02 Å². The van der Waals surface area contributed by atoms with Crippen molar-refractivity contribution in [2.24, 2.45) is 0 Å². The zero-order chi connectivity index (χ0) is 22.5. The van der Waals surface area contributed by atoms with Gasteiger partial charge in [-0.2, -0.15) is 0 Å². The molecule has 0 fully saturated rings. The van der Waals surface area contributed by atoms with Crippen molar-refractivity contribution in [1.29, 1.82) is 0 Å². The van der Waals surface area contributed by atoms with Crippen LogP contribution in [0.15, 0.2) is 88.2 Å². The first-order valence-corrected chi connectivity index (χ1v) is 11.7. The molecule has 1 aromatic heterocycles. The maximum atomic E-state index is 12.6. The van der Waals surface area contributed by atoms with Gasteiger partial charge in [0.05, 0.1) is 22.2 Å². The highest BCUT2D eigenvalue weighted by Gasteiger charge is 2.15. The number of halogens is 1. The summed E-state index contributed by atoms with van der Waals surface area (Å²) in [5.74, 6) is 1.18. The largest absolute Gasteiger partial charge is 0.441 e. The summed E-state index contributed by atoms with van der Waals surface area (Å²) in [5.41, 5.74) is 2.91. The Hall–Kier alpha value is -3.22. The minimum absolute atomic E-state index is 0.172. The van der Waals surface area contributed by atoms with Crippen LogP contribution in [0.5, 0.6) is 0 Å². The Morgan fingerprint density at radius 3 is 2.38 bits per heavy atom. The van der Waals surface area contributed by atoms with Gasteiger partial charge in [-0.05, 0) is 61.0 Å². The topological polar surface area (TPSA) is 72.2 Å². The molecule has 0 bridgehead atoms. The summed E-state index contributed by atoms with van der Waals surface area (Å²) in [4.78, 5) is 17.7. The predicted octanol–water partition coefficient (Wildman–Crippen LogP) is 5.54. The number of benzene rings is 3. The number of oxazole rings is 1. The van der Waals surface area contributed by atoms with Gasteiger partial charge in [0.25, 0.3) is 5.91 Å². The van der Waals surface area contributed by atoms with Gasteiger partial charge < -0.3 is 9.73 Å². The zero-order valence-corrected chi connectivity index (χ0v) is 19.0. The molecule has 1 heterocycles. The van der Waals surface area contributed by atoms with Crippen molar-refractivity contribution in [3.8, 4) is 11.5 Å². The van der Waals surface area contributed by atoms with Gasteiger partial charge >= 0.3 is 0 Å². The molecular formula is C25H21ClN2O3S. The molecule has 0 aliphatic carbocycles. The summed E-state index contributed by atoms with van der Waals surface area (Å²) in [5, 5.41) is 3.55. The Morgan fingerprint density at radius 1 is 1.00 bits per heavy atom. The maximum Gasteiger partial charge on any atom is 0.251 e. The normalized spacial score (nSPS) is 11.8. The average Bonchev–Trinajstić information content (AvgIpc) is 3.19. The Balaban J connectivity index is 1.41. The second-order valence-electron chi connectivity index (χ2n) is 7.21. The van der Waals surface area contributed by atoms with Gasteiger partial charge in [0, 0.05) is 27.6 Å². The molecule has 5 nitrogen and oxygen atoms in total. The van der Waals surface area contributed by atoms with E-state index in [2.05, 4.69) is 10.3 Å². The van der Waals surface area contributed by atoms with Gasteiger partial charge in [0.2, 0.25) is 5.89 Å². The molecule has 0 spiro atoms. The molecular weight excluding hydrogens is 444 g/mol. The highest BCUT2D eigenvalue weighted by Crippen LogP contribution is 2.24. The number of carbonyl (C=O) groups is 1. The SMILES string of the molecule is Cc1oc(-c2ccc(C(=O)NCc3ccc(Cl)cc3)cc2)nc1C[S@](=O)c1ccccc1. The smallest absolute Gasteiger partial charge is 0.251 e. The summed E-state index contributed by atoms with van der Waals surface area (Å²) in [6.45, 7) is 2.23. The minimum atomic E-state index is -1.20. The Kier molecular flexibility index (Phi) is 6.83. The lowest BCUT2D eigenvalue weighted by Gasteiger charge is -2.06. The Labute approximate surface area is 193 Å². The number of amides is 1. The quantitative estimate of drug-likeness (QED) is 0.389. The first kappa shape index (κ1) is 22.0. The summed E-state index contributed by atoms with van der Waals surface area (Å²) >= 11 is 5.88. The van der Waals surface area contributed by atoms with Gasteiger partial charge in [0.1, 0.15) is 5.76 Å². The van der Waals surface area contributed by atoms with Crippen molar-refractivity contribution in [2.45, 2.75) is 24.1 Å². The molecule has 1 N–H and O–H groups in total. The van der Waals surface area contributed by atoms with Gasteiger partial charge in [0.15, 0.2) is 0 Å². The van der Waals surface area contributed by atoms with Crippen molar-refractivity contribution < 1.29 is 13.4 Å². The van der Waals surface area contributed by atoms with Gasteiger partial charge in [-0.15, -0.1) is 0 Å². The van der Waals surface area contributed by atoms with Crippen LogP contribution < -0.4 is 5.32 Å². The van der Waals surface area contributed by atoms with Crippen molar-refractivity contribution in [2.75, 3.05) is 0 Å². The second kappa shape index (κ2) is 9.94. The number of aryl methyl sites for hydroxylation is 1. The molecule has 0 unspecified atom stereocenters. The predicted molar refractivity (Wildman–Crippen MR) is 126 cm³/mol. The van der Waals surface area contributed by atoms with Crippen LogP contribution in [0, 0.1) is 6.92 Å². The number of rotatable bonds is 7. The maximum absolute atomic E-state index is 12.6. The van der Waals surface area contributed by atoms with Crippen LogP contribution in [0.25, 0.3) is 11.5 Å². The second-order valence-corrected chi connectivity index (χ2v) is 9.10. The Bertz CT molecular complexity index is 1240. The van der Waals surface area contributed by atoms with Crippen LogP contribution in [-0.2, 0) is 23.1 Å². The Morgan fingerprint density at radius 2 is 1.69 bits per heavy atom. The molecule has 4 aromatic rings. The number of nitrogens with one attached hydrogen (secondary N) is 1. The molecule has 162 valence electrons. The van der Waals surface area contributed by atoms with Gasteiger partial charge in [-0.3, -0.25) is 9.00 Å². The van der Waals surface area contributed by atoms with Crippen LogP contribution in [-0.4, -0.2) is 15.1 Å². The van der Waals surface area contributed by atoms with Gasteiger partial charge in [-0.1, -0.05) is 41.9 Å². The van der Waals surface area contributed by atoms with E-state index in [0.29, 0.717) is 34.5 Å². The summed E-state index contributed by atoms with van der Waals surface area (Å²) < 4.78 is 18.4. The van der Waals surface area contributed by atoms with E-state index in [1.165, 1.54) is 0 Å². The average molecular weight is 465 g/mol. The molecule has 4 rings (SSSR count). The molecule has 3 aromatic carbocycles. The number of nitrogens with zero attached hydrogens (tertiary/aromatic N) is 1. The summed E-state index contributed by atoms with van der Waals surface area (Å²) in [7, 11) is -1.20. The number of hydrogen-bond acceptors (Lipinski definition) is 4. The molecule has 32 heavy (non-hydrogen) atoms. The van der Waals surface area contributed by atoms with Crippen LogP contribution in [0.3, 0.4) is 0 Å². The molecule has 0 aliphatic heterocycles. The molecule has 0 aliphatic rings. The molecule has 1 amide bonds. The third-order valence-electron chi connectivity index (χ3n) is 4.93. The van der Waals surface area contributed by atoms with E-state index in [1.807, 2.05) is 49.4 Å². The fraction of sp³-hybridized carbons (Fsp3) is 0.120. The molecule has 1 atom stereocenters. The lowest BCUT2D eigenvalue weighted by molar-refractivity contribution is 0.0951. The lowest BCUT2D eigenvalue weighted by atomic mass is 10.1. The summed E-state index contributed by atoms with van der Waals surface area (Å²) in [6.07, 6.45) is 0. The standard InChI is InChI=1S/C25H21ClN2O3S/c1-17-23(16-32(30)22-5-3-2-4-6-22)28-25(31-17)20-11-9-19(10-12-20)24(29)27-15-18-7-13-21(26)14-8-18/h2-14H,15-16H2,1H3,(H,27,29)/t32-/m0/s1. The lowest BCUT2D eigenvalue weighted by Crippen LogP contribution is -2.22. The van der Waals surface area contributed by atoms with Crippen molar-refractivity contribution >= 4 is 28.3 Å². The highest BCUT2D eigenvalue weighted by molar-refractivity contribution is 7.84. The van der Waals surface area contributed by atoms with E-state index in [0.717, 1.165) is 16.0 Å². The van der Waals surface area contributed by atoms with Crippen molar-refractivity contribution in [3.63, 3.8) is 0 Å².